The second-order valence-corrected chi connectivity index (χ2v) is 5.45. The van der Waals surface area contributed by atoms with E-state index >= 15 is 0 Å². The van der Waals surface area contributed by atoms with Gasteiger partial charge in [-0.05, 0) is 30.2 Å². The van der Waals surface area contributed by atoms with E-state index in [0.717, 1.165) is 28.8 Å². The van der Waals surface area contributed by atoms with E-state index in [4.69, 9.17) is 10.5 Å². The van der Waals surface area contributed by atoms with E-state index in [9.17, 15) is 5.11 Å². The summed E-state index contributed by atoms with van der Waals surface area (Å²) in [4.78, 5) is 0. The second-order valence-electron chi connectivity index (χ2n) is 4.53. The molecule has 0 radical (unpaired) electrons. The Morgan fingerprint density at radius 2 is 2.31 bits per heavy atom. The van der Waals surface area contributed by atoms with Crippen LogP contribution in [0.5, 0.6) is 5.75 Å². The van der Waals surface area contributed by atoms with Crippen LogP contribution in [0, 0.1) is 0 Å². The Hall–Kier alpha value is -0.580. The molecule has 3 N–H and O–H groups in total. The third-order valence-electron chi connectivity index (χ3n) is 2.84. The van der Waals surface area contributed by atoms with Gasteiger partial charge in [0.15, 0.2) is 0 Å². The van der Waals surface area contributed by atoms with Crippen molar-refractivity contribution >= 4 is 15.9 Å². The number of halogens is 1. The molecule has 1 atom stereocenters. The molecule has 0 fully saturated rings. The molecular weight excluding hydrogens is 270 g/mol. The summed E-state index contributed by atoms with van der Waals surface area (Å²) in [5.41, 5.74) is 6.89. The molecule has 1 unspecified atom stereocenters. The average molecular weight is 286 g/mol. The van der Waals surface area contributed by atoms with E-state index in [1.54, 1.807) is 6.92 Å². The summed E-state index contributed by atoms with van der Waals surface area (Å²) in [6, 6.07) is 4.07. The number of hydrogen-bond donors (Lipinski definition) is 2. The van der Waals surface area contributed by atoms with E-state index in [2.05, 4.69) is 22.0 Å². The standard InChI is InChI=1S/C12H16BrNO2/c1-12(15,7-14)6-9-5-10(13)4-8-2-3-16-11(8)9/h4-5,15H,2-3,6-7,14H2,1H3. The lowest BCUT2D eigenvalue weighted by atomic mass is 9.94. The fraction of sp³-hybridized carbons (Fsp3) is 0.500. The molecule has 1 aromatic rings. The van der Waals surface area contributed by atoms with Gasteiger partial charge in [-0.15, -0.1) is 0 Å². The Morgan fingerprint density at radius 3 is 3.00 bits per heavy atom. The van der Waals surface area contributed by atoms with Crippen LogP contribution in [0.4, 0.5) is 0 Å². The first-order valence-electron chi connectivity index (χ1n) is 5.38. The largest absolute Gasteiger partial charge is 0.493 e. The Labute approximate surface area is 104 Å². The molecule has 4 heteroatoms. The van der Waals surface area contributed by atoms with Crippen LogP contribution in [0.15, 0.2) is 16.6 Å². The molecule has 0 bridgehead atoms. The van der Waals surface area contributed by atoms with Gasteiger partial charge < -0.3 is 15.6 Å². The summed E-state index contributed by atoms with van der Waals surface area (Å²) in [5, 5.41) is 10.0. The summed E-state index contributed by atoms with van der Waals surface area (Å²) in [6.45, 7) is 2.72. The van der Waals surface area contributed by atoms with Crippen LogP contribution in [0.3, 0.4) is 0 Å². The van der Waals surface area contributed by atoms with E-state index < -0.39 is 5.60 Å². The van der Waals surface area contributed by atoms with Crippen molar-refractivity contribution in [2.45, 2.75) is 25.4 Å². The highest BCUT2D eigenvalue weighted by atomic mass is 79.9. The normalized spacial score (nSPS) is 17.8. The summed E-state index contributed by atoms with van der Waals surface area (Å²) < 4.78 is 6.63. The smallest absolute Gasteiger partial charge is 0.125 e. The molecule has 3 nitrogen and oxygen atoms in total. The first-order chi connectivity index (χ1) is 7.52. The highest BCUT2D eigenvalue weighted by Crippen LogP contribution is 2.34. The lowest BCUT2D eigenvalue weighted by molar-refractivity contribution is 0.0689. The van der Waals surface area contributed by atoms with Crippen LogP contribution < -0.4 is 10.5 Å². The zero-order valence-corrected chi connectivity index (χ0v) is 10.9. The molecule has 0 saturated heterocycles. The summed E-state index contributed by atoms with van der Waals surface area (Å²) in [5.74, 6) is 0.928. The van der Waals surface area contributed by atoms with Crippen molar-refractivity contribution in [3.63, 3.8) is 0 Å². The zero-order chi connectivity index (χ0) is 11.8. The van der Waals surface area contributed by atoms with Gasteiger partial charge in [0, 0.05) is 23.9 Å². The summed E-state index contributed by atoms with van der Waals surface area (Å²) in [7, 11) is 0. The van der Waals surface area contributed by atoms with E-state index in [-0.39, 0.29) is 6.54 Å². The fourth-order valence-electron chi connectivity index (χ4n) is 1.96. The van der Waals surface area contributed by atoms with Gasteiger partial charge in [-0.25, -0.2) is 0 Å². The quantitative estimate of drug-likeness (QED) is 0.888. The Bertz CT molecular complexity index is 404. The van der Waals surface area contributed by atoms with Crippen molar-refractivity contribution in [1.29, 1.82) is 0 Å². The minimum Gasteiger partial charge on any atom is -0.493 e. The molecule has 0 aromatic heterocycles. The average Bonchev–Trinajstić information content (AvgIpc) is 2.65. The summed E-state index contributed by atoms with van der Waals surface area (Å²) in [6.07, 6.45) is 1.46. The van der Waals surface area contributed by atoms with Crippen LogP contribution in [0.2, 0.25) is 0 Å². The van der Waals surface area contributed by atoms with Gasteiger partial charge in [0.1, 0.15) is 5.75 Å². The van der Waals surface area contributed by atoms with Gasteiger partial charge in [0.2, 0.25) is 0 Å². The highest BCUT2D eigenvalue weighted by Gasteiger charge is 2.24. The Morgan fingerprint density at radius 1 is 1.56 bits per heavy atom. The molecule has 2 rings (SSSR count). The lowest BCUT2D eigenvalue weighted by Crippen LogP contribution is -2.36. The highest BCUT2D eigenvalue weighted by molar-refractivity contribution is 9.10. The molecule has 1 aliphatic heterocycles. The van der Waals surface area contributed by atoms with Crippen LogP contribution in [-0.4, -0.2) is 23.9 Å². The van der Waals surface area contributed by atoms with Crippen molar-refractivity contribution in [2.75, 3.05) is 13.2 Å². The zero-order valence-electron chi connectivity index (χ0n) is 9.29. The van der Waals surface area contributed by atoms with Crippen molar-refractivity contribution in [3.8, 4) is 5.75 Å². The molecule has 16 heavy (non-hydrogen) atoms. The van der Waals surface area contributed by atoms with Gasteiger partial charge >= 0.3 is 0 Å². The molecule has 88 valence electrons. The fourth-order valence-corrected chi connectivity index (χ4v) is 2.51. The predicted molar refractivity (Wildman–Crippen MR) is 66.7 cm³/mol. The SMILES string of the molecule is CC(O)(CN)Cc1cc(Br)cc2c1OCC2. The summed E-state index contributed by atoms with van der Waals surface area (Å²) >= 11 is 3.48. The molecule has 1 aliphatic rings. The van der Waals surface area contributed by atoms with Crippen molar-refractivity contribution in [2.24, 2.45) is 5.73 Å². The predicted octanol–water partition coefficient (Wildman–Crippen LogP) is 1.64. The molecule has 1 aromatic carbocycles. The molecule has 0 amide bonds. The van der Waals surface area contributed by atoms with Gasteiger partial charge in [-0.1, -0.05) is 15.9 Å². The molecule has 0 saturated carbocycles. The minimum absolute atomic E-state index is 0.244. The van der Waals surface area contributed by atoms with E-state index in [1.807, 2.05) is 6.07 Å². The second kappa shape index (κ2) is 4.35. The van der Waals surface area contributed by atoms with Crippen LogP contribution >= 0.6 is 15.9 Å². The third-order valence-corrected chi connectivity index (χ3v) is 3.29. The first kappa shape index (κ1) is 11.9. The van der Waals surface area contributed by atoms with Gasteiger partial charge in [-0.2, -0.15) is 0 Å². The number of ether oxygens (including phenoxy) is 1. The van der Waals surface area contributed by atoms with Gasteiger partial charge in [0.05, 0.1) is 12.2 Å². The first-order valence-corrected chi connectivity index (χ1v) is 6.18. The maximum Gasteiger partial charge on any atom is 0.125 e. The van der Waals surface area contributed by atoms with Gasteiger partial charge in [0.25, 0.3) is 0 Å². The number of fused-ring (bicyclic) bond motifs is 1. The third kappa shape index (κ3) is 2.39. The number of rotatable bonds is 3. The number of nitrogens with two attached hydrogens (primary N) is 1. The maximum absolute atomic E-state index is 10.0. The van der Waals surface area contributed by atoms with Crippen LogP contribution in [0.25, 0.3) is 0 Å². The van der Waals surface area contributed by atoms with Crippen molar-refractivity contribution < 1.29 is 9.84 Å². The van der Waals surface area contributed by atoms with Crippen molar-refractivity contribution in [1.82, 2.24) is 0 Å². The minimum atomic E-state index is -0.874. The number of benzene rings is 1. The molecular formula is C12H16BrNO2. The Balaban J connectivity index is 2.34. The number of hydrogen-bond acceptors (Lipinski definition) is 3. The van der Waals surface area contributed by atoms with Crippen molar-refractivity contribution in [3.05, 3.63) is 27.7 Å². The van der Waals surface area contributed by atoms with Gasteiger partial charge in [-0.3, -0.25) is 0 Å². The van der Waals surface area contributed by atoms with Crippen LogP contribution in [0.1, 0.15) is 18.1 Å². The monoisotopic (exact) mass is 285 g/mol. The molecule has 1 heterocycles. The molecule has 0 aliphatic carbocycles. The van der Waals surface area contributed by atoms with E-state index in [0.29, 0.717) is 6.42 Å². The Kier molecular flexibility index (Phi) is 3.24. The lowest BCUT2D eigenvalue weighted by Gasteiger charge is -2.22. The number of aliphatic hydroxyl groups is 1. The molecule has 0 spiro atoms. The topological polar surface area (TPSA) is 55.5 Å². The maximum atomic E-state index is 10.0. The van der Waals surface area contributed by atoms with E-state index in [1.165, 1.54) is 5.56 Å². The van der Waals surface area contributed by atoms with Crippen LogP contribution in [-0.2, 0) is 12.8 Å².